The van der Waals surface area contributed by atoms with E-state index in [0.717, 1.165) is 122 Å². The molecule has 0 rings (SSSR count). The SMILES string of the molecule is CC/C=C\C/C=C\C/C=C\C/C=C\C/C=C\C/C=C\CCCCCCCCCCCCCCC(=O)OCC(COC(=O)CCCCCCCCCCCCCCCCC)OC(=O)CCCCCCC/C=C\C/C=C\CCCCC. The molecule has 0 spiro atoms. The molecule has 0 aromatic rings. The van der Waals surface area contributed by atoms with E-state index in [4.69, 9.17) is 14.2 Å². The van der Waals surface area contributed by atoms with Gasteiger partial charge in [0.15, 0.2) is 6.10 Å². The van der Waals surface area contributed by atoms with Gasteiger partial charge in [0.2, 0.25) is 0 Å². The molecule has 0 aromatic carbocycles. The average Bonchev–Trinajstić information content (AvgIpc) is 3.45. The molecule has 1 unspecified atom stereocenters. The predicted octanol–water partition coefficient (Wildman–Crippen LogP) is 23.2. The molecule has 79 heavy (non-hydrogen) atoms. The number of allylic oxidation sites excluding steroid dienone is 16. The third-order valence-electron chi connectivity index (χ3n) is 14.6. The zero-order chi connectivity index (χ0) is 57.1. The van der Waals surface area contributed by atoms with Crippen LogP contribution >= 0.6 is 0 Å². The van der Waals surface area contributed by atoms with Gasteiger partial charge in [-0.25, -0.2) is 0 Å². The molecule has 0 fully saturated rings. The summed E-state index contributed by atoms with van der Waals surface area (Å²) in [6, 6.07) is 0. The third-order valence-corrected chi connectivity index (χ3v) is 14.6. The number of ether oxygens (including phenoxy) is 3. The Morgan fingerprint density at radius 1 is 0.266 bits per heavy atom. The summed E-state index contributed by atoms with van der Waals surface area (Å²) in [5.41, 5.74) is 0. The third kappa shape index (κ3) is 65.0. The molecular weight excluding hydrogens is 973 g/mol. The van der Waals surface area contributed by atoms with E-state index in [9.17, 15) is 14.4 Å². The molecule has 0 N–H and O–H groups in total. The Morgan fingerprint density at radius 3 is 0.797 bits per heavy atom. The highest BCUT2D eigenvalue weighted by Crippen LogP contribution is 2.17. The standard InChI is InChI=1S/C73H126O6/c1-4-7-10-13-16-19-22-25-28-29-30-31-32-33-34-35-36-37-38-39-40-41-42-43-46-48-51-54-57-60-63-66-72(75)78-69-70(79-73(76)67-64-61-58-55-52-49-45-27-24-21-18-15-12-9-6-3)68-77-71(74)65-62-59-56-53-50-47-44-26-23-20-17-14-11-8-5-2/h7,10,16,18-19,21,25,27-28,30-31,33-34,36-37,45,70H,4-6,8-9,11-15,17,20,22-24,26,29,32,35,38-44,46-69H2,1-3H3/b10-7-,19-16-,21-18-,28-25-,31-30-,34-33-,37-36-,45-27-. The predicted molar refractivity (Wildman–Crippen MR) is 344 cm³/mol. The summed E-state index contributed by atoms with van der Waals surface area (Å²) in [7, 11) is 0. The first kappa shape index (κ1) is 75.3. The molecule has 1 atom stereocenters. The van der Waals surface area contributed by atoms with Crippen molar-refractivity contribution in [2.45, 2.75) is 335 Å². The first-order chi connectivity index (χ1) is 39.0. The lowest BCUT2D eigenvalue weighted by atomic mass is 10.0. The fraction of sp³-hybridized carbons (Fsp3) is 0.740. The van der Waals surface area contributed by atoms with Gasteiger partial charge >= 0.3 is 17.9 Å². The number of carbonyl (C=O) groups excluding carboxylic acids is 3. The molecule has 0 aromatic heterocycles. The van der Waals surface area contributed by atoms with Gasteiger partial charge < -0.3 is 14.2 Å². The minimum absolute atomic E-state index is 0.0795. The second kappa shape index (κ2) is 66.8. The first-order valence-corrected chi connectivity index (χ1v) is 33.7. The topological polar surface area (TPSA) is 78.9 Å². The van der Waals surface area contributed by atoms with Gasteiger partial charge in [0.05, 0.1) is 0 Å². The lowest BCUT2D eigenvalue weighted by Gasteiger charge is -2.18. The van der Waals surface area contributed by atoms with Gasteiger partial charge in [0, 0.05) is 19.3 Å². The maximum absolute atomic E-state index is 12.9. The summed E-state index contributed by atoms with van der Waals surface area (Å²) >= 11 is 0. The van der Waals surface area contributed by atoms with Crippen molar-refractivity contribution in [1.82, 2.24) is 0 Å². The van der Waals surface area contributed by atoms with Crippen molar-refractivity contribution in [2.24, 2.45) is 0 Å². The Labute approximate surface area is 489 Å². The number of unbranched alkanes of at least 4 members (excludes halogenated alkanes) is 34. The highest BCUT2D eigenvalue weighted by atomic mass is 16.6. The zero-order valence-electron chi connectivity index (χ0n) is 52.1. The molecule has 0 amide bonds. The van der Waals surface area contributed by atoms with E-state index in [0.29, 0.717) is 19.3 Å². The molecule has 0 saturated carbocycles. The van der Waals surface area contributed by atoms with Crippen LogP contribution in [0.15, 0.2) is 97.2 Å². The van der Waals surface area contributed by atoms with E-state index in [1.807, 2.05) is 0 Å². The summed E-state index contributed by atoms with van der Waals surface area (Å²) in [6.07, 6.45) is 89.9. The number of rotatable bonds is 61. The van der Waals surface area contributed by atoms with Crippen molar-refractivity contribution >= 4 is 17.9 Å². The largest absolute Gasteiger partial charge is 0.462 e. The highest BCUT2D eigenvalue weighted by molar-refractivity contribution is 5.71. The van der Waals surface area contributed by atoms with Gasteiger partial charge in [0.25, 0.3) is 0 Å². The van der Waals surface area contributed by atoms with Crippen molar-refractivity contribution in [1.29, 1.82) is 0 Å². The molecule has 0 aliphatic heterocycles. The number of hydrogen-bond donors (Lipinski definition) is 0. The van der Waals surface area contributed by atoms with Gasteiger partial charge in [-0.1, -0.05) is 304 Å². The van der Waals surface area contributed by atoms with Crippen molar-refractivity contribution < 1.29 is 28.6 Å². The van der Waals surface area contributed by atoms with Crippen molar-refractivity contribution in [3.8, 4) is 0 Å². The Balaban J connectivity index is 4.25. The van der Waals surface area contributed by atoms with E-state index in [1.54, 1.807) is 0 Å². The van der Waals surface area contributed by atoms with Crippen LogP contribution in [0, 0.1) is 0 Å². The first-order valence-electron chi connectivity index (χ1n) is 33.7. The fourth-order valence-electron chi connectivity index (χ4n) is 9.54. The molecule has 6 nitrogen and oxygen atoms in total. The lowest BCUT2D eigenvalue weighted by Crippen LogP contribution is -2.30. The molecule has 0 aliphatic rings. The summed E-state index contributed by atoms with van der Waals surface area (Å²) in [4.78, 5) is 38.3. The molecule has 0 aliphatic carbocycles. The van der Waals surface area contributed by atoms with Crippen LogP contribution in [0.1, 0.15) is 329 Å². The molecule has 454 valence electrons. The van der Waals surface area contributed by atoms with E-state index >= 15 is 0 Å². The minimum atomic E-state index is -0.784. The highest BCUT2D eigenvalue weighted by Gasteiger charge is 2.19. The van der Waals surface area contributed by atoms with E-state index < -0.39 is 6.10 Å². The Hall–Kier alpha value is -3.67. The molecule has 6 heteroatoms. The van der Waals surface area contributed by atoms with E-state index in [1.165, 1.54) is 167 Å². The van der Waals surface area contributed by atoms with Crippen LogP contribution in [0.2, 0.25) is 0 Å². The average molecular weight is 1100 g/mol. The van der Waals surface area contributed by atoms with E-state index in [2.05, 4.69) is 118 Å². The molecule has 0 saturated heterocycles. The fourth-order valence-corrected chi connectivity index (χ4v) is 9.54. The van der Waals surface area contributed by atoms with Crippen molar-refractivity contribution in [2.75, 3.05) is 13.2 Å². The molecule has 0 bridgehead atoms. The lowest BCUT2D eigenvalue weighted by molar-refractivity contribution is -0.167. The Kier molecular flexibility index (Phi) is 63.7. The maximum Gasteiger partial charge on any atom is 0.306 e. The number of hydrogen-bond acceptors (Lipinski definition) is 6. The molecular formula is C73H126O6. The monoisotopic (exact) mass is 1100 g/mol. The van der Waals surface area contributed by atoms with Gasteiger partial charge in [0.1, 0.15) is 13.2 Å². The summed E-state index contributed by atoms with van der Waals surface area (Å²) in [5.74, 6) is -0.881. The van der Waals surface area contributed by atoms with Gasteiger partial charge in [-0.3, -0.25) is 14.4 Å². The summed E-state index contributed by atoms with van der Waals surface area (Å²) < 4.78 is 16.9. The Morgan fingerprint density at radius 2 is 0.494 bits per heavy atom. The summed E-state index contributed by atoms with van der Waals surface area (Å²) in [5, 5.41) is 0. The van der Waals surface area contributed by atoms with Gasteiger partial charge in [-0.15, -0.1) is 0 Å². The van der Waals surface area contributed by atoms with Crippen molar-refractivity contribution in [3.63, 3.8) is 0 Å². The van der Waals surface area contributed by atoms with Crippen LogP contribution in [0.3, 0.4) is 0 Å². The zero-order valence-corrected chi connectivity index (χ0v) is 52.1. The normalized spacial score (nSPS) is 12.7. The van der Waals surface area contributed by atoms with Gasteiger partial charge in [-0.05, 0) is 103 Å². The van der Waals surface area contributed by atoms with Gasteiger partial charge in [-0.2, -0.15) is 0 Å². The smallest absolute Gasteiger partial charge is 0.306 e. The Bertz CT molecular complexity index is 1540. The van der Waals surface area contributed by atoms with Crippen LogP contribution in [-0.2, 0) is 28.6 Å². The van der Waals surface area contributed by atoms with Crippen LogP contribution in [0.4, 0.5) is 0 Å². The second-order valence-corrected chi connectivity index (χ2v) is 22.4. The van der Waals surface area contributed by atoms with Crippen LogP contribution in [0.5, 0.6) is 0 Å². The minimum Gasteiger partial charge on any atom is -0.462 e. The summed E-state index contributed by atoms with van der Waals surface area (Å²) in [6.45, 7) is 6.52. The van der Waals surface area contributed by atoms with Crippen LogP contribution in [-0.4, -0.2) is 37.2 Å². The van der Waals surface area contributed by atoms with E-state index in [-0.39, 0.29) is 31.1 Å². The number of esters is 3. The van der Waals surface area contributed by atoms with Crippen molar-refractivity contribution in [3.05, 3.63) is 97.2 Å². The second-order valence-electron chi connectivity index (χ2n) is 22.4. The quantitative estimate of drug-likeness (QED) is 0.0261. The molecule has 0 heterocycles. The molecule has 0 radical (unpaired) electrons. The van der Waals surface area contributed by atoms with Crippen LogP contribution in [0.25, 0.3) is 0 Å². The maximum atomic E-state index is 12.9. The number of carbonyl (C=O) groups is 3. The van der Waals surface area contributed by atoms with Crippen LogP contribution < -0.4 is 0 Å².